The molecule has 3 aromatic rings. The zero-order chi connectivity index (χ0) is 20.5. The first-order chi connectivity index (χ1) is 13.2. The molecule has 10 heteroatoms. The zero-order valence-corrected chi connectivity index (χ0v) is 16.9. The summed E-state index contributed by atoms with van der Waals surface area (Å²) in [4.78, 5) is 22.2. The smallest absolute Gasteiger partial charge is 0.255 e. The van der Waals surface area contributed by atoms with E-state index in [-0.39, 0.29) is 18.2 Å². The second-order valence-corrected chi connectivity index (χ2v) is 8.21. The Morgan fingerprint density at radius 3 is 2.75 bits per heavy atom. The third-order valence-corrected chi connectivity index (χ3v) is 4.86. The van der Waals surface area contributed by atoms with Crippen LogP contribution in [0.3, 0.4) is 0 Å². The number of halogens is 1. The third kappa shape index (κ3) is 4.28. The van der Waals surface area contributed by atoms with Crippen LogP contribution in [0.25, 0.3) is 16.2 Å². The van der Waals surface area contributed by atoms with Gasteiger partial charge in [-0.15, -0.1) is 11.3 Å². The summed E-state index contributed by atoms with van der Waals surface area (Å²) in [6.07, 6.45) is 3.30. The van der Waals surface area contributed by atoms with Gasteiger partial charge in [-0.25, -0.2) is 13.9 Å². The number of carbonyl (C=O) groups is 1. The van der Waals surface area contributed by atoms with Crippen LogP contribution in [-0.4, -0.2) is 55.0 Å². The topological polar surface area (TPSA) is 104 Å². The van der Waals surface area contributed by atoms with Gasteiger partial charge in [0.2, 0.25) is 0 Å². The van der Waals surface area contributed by atoms with E-state index >= 15 is 0 Å². The van der Waals surface area contributed by atoms with Gasteiger partial charge in [0.15, 0.2) is 5.65 Å². The number of amides is 1. The molecule has 1 amide bonds. The number of hydrogen-bond acceptors (Lipinski definition) is 7. The van der Waals surface area contributed by atoms with Crippen LogP contribution in [0.15, 0.2) is 24.1 Å². The molecule has 28 heavy (non-hydrogen) atoms. The lowest BCUT2D eigenvalue weighted by Crippen LogP contribution is -2.42. The van der Waals surface area contributed by atoms with E-state index in [0.29, 0.717) is 17.0 Å². The Balaban J connectivity index is 1.96. The minimum atomic E-state index is -1.60. The number of imidazole rings is 1. The molecule has 0 aliphatic heterocycles. The molecular formula is C18H23FN6O2S. The average Bonchev–Trinajstić information content (AvgIpc) is 3.27. The number of nitrogens with one attached hydrogen (secondary N) is 2. The summed E-state index contributed by atoms with van der Waals surface area (Å²) in [5.74, 6) is -0.493. The molecule has 8 nitrogen and oxygen atoms in total. The van der Waals surface area contributed by atoms with E-state index in [1.165, 1.54) is 31.4 Å². The van der Waals surface area contributed by atoms with Crippen LogP contribution in [0.1, 0.15) is 38.1 Å². The van der Waals surface area contributed by atoms with Crippen LogP contribution in [-0.2, 0) is 0 Å². The fourth-order valence-corrected chi connectivity index (χ4v) is 3.10. The van der Waals surface area contributed by atoms with Crippen molar-refractivity contribution in [3.8, 4) is 10.6 Å². The summed E-state index contributed by atoms with van der Waals surface area (Å²) in [5, 5.41) is 19.7. The predicted octanol–water partition coefficient (Wildman–Crippen LogP) is 2.51. The van der Waals surface area contributed by atoms with Crippen LogP contribution in [0.2, 0.25) is 0 Å². The largest absolute Gasteiger partial charge is 0.387 e. The zero-order valence-electron chi connectivity index (χ0n) is 16.1. The third-order valence-electron chi connectivity index (χ3n) is 4.06. The molecule has 1 unspecified atom stereocenters. The van der Waals surface area contributed by atoms with Crippen molar-refractivity contribution in [1.29, 1.82) is 0 Å². The van der Waals surface area contributed by atoms with E-state index in [4.69, 9.17) is 0 Å². The number of anilines is 1. The highest BCUT2D eigenvalue weighted by Crippen LogP contribution is 2.27. The maximum Gasteiger partial charge on any atom is 0.255 e. The SMILES string of the molecule is CC(C)Nc1c(C(=O)NCC(F)C(C)(C)O)cnn2cc(-c3cncs3)nc12. The lowest BCUT2D eigenvalue weighted by Gasteiger charge is -2.22. The van der Waals surface area contributed by atoms with Crippen molar-refractivity contribution in [2.24, 2.45) is 0 Å². The molecule has 0 fully saturated rings. The minimum Gasteiger partial charge on any atom is -0.387 e. The van der Waals surface area contributed by atoms with Crippen molar-refractivity contribution in [3.63, 3.8) is 0 Å². The highest BCUT2D eigenvalue weighted by atomic mass is 32.1. The molecule has 3 heterocycles. The molecule has 0 bridgehead atoms. The van der Waals surface area contributed by atoms with Crippen LogP contribution < -0.4 is 10.6 Å². The van der Waals surface area contributed by atoms with Crippen molar-refractivity contribution < 1.29 is 14.3 Å². The lowest BCUT2D eigenvalue weighted by atomic mass is 10.0. The number of fused-ring (bicyclic) bond motifs is 1. The number of aliphatic hydroxyl groups is 1. The van der Waals surface area contributed by atoms with Gasteiger partial charge in [0.1, 0.15) is 11.9 Å². The molecule has 1 atom stereocenters. The number of hydrogen-bond donors (Lipinski definition) is 3. The van der Waals surface area contributed by atoms with Crippen molar-refractivity contribution in [1.82, 2.24) is 24.9 Å². The normalized spacial score (nSPS) is 13.1. The maximum atomic E-state index is 14.0. The summed E-state index contributed by atoms with van der Waals surface area (Å²) >= 11 is 1.46. The summed E-state index contributed by atoms with van der Waals surface area (Å²) in [6.45, 7) is 6.29. The fourth-order valence-electron chi connectivity index (χ4n) is 2.53. The van der Waals surface area contributed by atoms with Gasteiger partial charge in [-0.05, 0) is 27.7 Å². The Morgan fingerprint density at radius 1 is 1.39 bits per heavy atom. The van der Waals surface area contributed by atoms with E-state index in [0.717, 1.165) is 4.88 Å². The molecular weight excluding hydrogens is 383 g/mol. The van der Waals surface area contributed by atoms with Crippen LogP contribution >= 0.6 is 11.3 Å². The van der Waals surface area contributed by atoms with Gasteiger partial charge in [0.05, 0.1) is 46.2 Å². The first-order valence-electron chi connectivity index (χ1n) is 8.85. The van der Waals surface area contributed by atoms with E-state index in [1.807, 2.05) is 13.8 Å². The number of nitrogens with zero attached hydrogens (tertiary/aromatic N) is 4. The molecule has 3 N–H and O–H groups in total. The number of alkyl halides is 1. The monoisotopic (exact) mass is 406 g/mol. The second kappa shape index (κ2) is 7.80. The maximum absolute atomic E-state index is 14.0. The van der Waals surface area contributed by atoms with E-state index < -0.39 is 17.7 Å². The molecule has 0 spiro atoms. The molecule has 0 aliphatic carbocycles. The first kappa shape index (κ1) is 20.2. The number of carbonyl (C=O) groups excluding carboxylic acids is 1. The van der Waals surface area contributed by atoms with Crippen LogP contribution in [0.4, 0.5) is 10.1 Å². The molecule has 0 saturated heterocycles. The van der Waals surface area contributed by atoms with Crippen molar-refractivity contribution >= 4 is 28.6 Å². The molecule has 3 aromatic heterocycles. The van der Waals surface area contributed by atoms with Crippen molar-refractivity contribution in [2.45, 2.75) is 45.5 Å². The average molecular weight is 406 g/mol. The highest BCUT2D eigenvalue weighted by Gasteiger charge is 2.27. The molecule has 0 saturated carbocycles. The van der Waals surface area contributed by atoms with Gasteiger partial charge in [0, 0.05) is 12.2 Å². The number of aromatic nitrogens is 4. The minimum absolute atomic E-state index is 0.0339. The summed E-state index contributed by atoms with van der Waals surface area (Å²) < 4.78 is 15.6. The standard InChI is InChI=1S/C18H23FN6O2S/c1-10(2)23-15-11(17(26)21-7-14(19)18(3,4)27)5-22-25-8-12(24-16(15)25)13-6-20-9-28-13/h5-6,8-10,14,23,27H,7H2,1-4H3,(H,21,26). The lowest BCUT2D eigenvalue weighted by molar-refractivity contribution is -0.00177. The summed E-state index contributed by atoms with van der Waals surface area (Å²) in [5.41, 5.74) is 2.13. The molecule has 150 valence electrons. The van der Waals surface area contributed by atoms with Gasteiger partial charge in [-0.2, -0.15) is 5.10 Å². The highest BCUT2D eigenvalue weighted by molar-refractivity contribution is 7.13. The van der Waals surface area contributed by atoms with Crippen molar-refractivity contribution in [3.05, 3.63) is 29.7 Å². The Kier molecular flexibility index (Phi) is 5.61. The quantitative estimate of drug-likeness (QED) is 0.557. The number of thiazole rings is 1. The fraction of sp³-hybridized carbons (Fsp3) is 0.444. The molecule has 0 radical (unpaired) electrons. The number of rotatable bonds is 7. The molecule has 0 aliphatic rings. The van der Waals surface area contributed by atoms with E-state index in [2.05, 4.69) is 25.7 Å². The molecule has 3 rings (SSSR count). The summed E-state index contributed by atoms with van der Waals surface area (Å²) in [6, 6.07) is 0.0339. The Morgan fingerprint density at radius 2 is 2.14 bits per heavy atom. The Labute approximate surface area is 165 Å². The van der Waals surface area contributed by atoms with E-state index in [1.54, 1.807) is 22.4 Å². The Hall–Kier alpha value is -2.59. The summed E-state index contributed by atoms with van der Waals surface area (Å²) in [7, 11) is 0. The van der Waals surface area contributed by atoms with Gasteiger partial charge >= 0.3 is 0 Å². The van der Waals surface area contributed by atoms with Gasteiger partial charge in [-0.3, -0.25) is 9.78 Å². The van der Waals surface area contributed by atoms with Crippen LogP contribution in [0.5, 0.6) is 0 Å². The van der Waals surface area contributed by atoms with Gasteiger partial charge in [-0.1, -0.05) is 0 Å². The second-order valence-electron chi connectivity index (χ2n) is 7.32. The van der Waals surface area contributed by atoms with Gasteiger partial charge < -0.3 is 15.7 Å². The van der Waals surface area contributed by atoms with Crippen LogP contribution in [0, 0.1) is 0 Å². The van der Waals surface area contributed by atoms with E-state index in [9.17, 15) is 14.3 Å². The molecule has 0 aromatic carbocycles. The van der Waals surface area contributed by atoms with Crippen molar-refractivity contribution in [2.75, 3.05) is 11.9 Å². The Bertz CT molecular complexity index is 965. The predicted molar refractivity (Wildman–Crippen MR) is 106 cm³/mol. The van der Waals surface area contributed by atoms with Gasteiger partial charge in [0.25, 0.3) is 5.91 Å². The first-order valence-corrected chi connectivity index (χ1v) is 9.73.